The standard InChI is InChI=1S/C7H5ClN2O/c8-6-2-1-4-5(9-6)3-7(11)10-4/h1-2H,3H2,(H,10,11). The third-order valence-corrected chi connectivity index (χ3v) is 1.75. The Morgan fingerprint density at radius 1 is 1.55 bits per heavy atom. The molecule has 1 aromatic rings. The zero-order valence-electron chi connectivity index (χ0n) is 5.60. The molecular weight excluding hydrogens is 164 g/mol. The normalized spacial score (nSPS) is 14.5. The lowest BCUT2D eigenvalue weighted by atomic mass is 10.3. The molecule has 0 radical (unpaired) electrons. The van der Waals surface area contributed by atoms with E-state index in [0.29, 0.717) is 11.6 Å². The number of hydrogen-bond donors (Lipinski definition) is 1. The lowest BCUT2D eigenvalue weighted by molar-refractivity contribution is -0.115. The molecule has 0 saturated heterocycles. The first-order valence-corrected chi connectivity index (χ1v) is 3.59. The van der Waals surface area contributed by atoms with Gasteiger partial charge >= 0.3 is 0 Å². The summed E-state index contributed by atoms with van der Waals surface area (Å²) in [5.41, 5.74) is 1.52. The van der Waals surface area contributed by atoms with Crippen LogP contribution in [0.4, 0.5) is 5.69 Å². The van der Waals surface area contributed by atoms with Crippen LogP contribution in [0.2, 0.25) is 5.15 Å². The van der Waals surface area contributed by atoms with Gasteiger partial charge in [0.25, 0.3) is 0 Å². The summed E-state index contributed by atoms with van der Waals surface area (Å²) < 4.78 is 0. The lowest BCUT2D eigenvalue weighted by Crippen LogP contribution is -2.03. The van der Waals surface area contributed by atoms with Gasteiger partial charge in [-0.15, -0.1) is 0 Å². The van der Waals surface area contributed by atoms with Crippen LogP contribution in [0.5, 0.6) is 0 Å². The summed E-state index contributed by atoms with van der Waals surface area (Å²) in [7, 11) is 0. The Morgan fingerprint density at radius 3 is 3.18 bits per heavy atom. The van der Waals surface area contributed by atoms with Crippen molar-refractivity contribution in [3.05, 3.63) is 23.0 Å². The molecule has 2 rings (SSSR count). The molecule has 1 N–H and O–H groups in total. The van der Waals surface area contributed by atoms with Crippen molar-refractivity contribution in [1.29, 1.82) is 0 Å². The fourth-order valence-corrected chi connectivity index (χ4v) is 1.23. The number of carbonyl (C=O) groups is 1. The highest BCUT2D eigenvalue weighted by atomic mass is 35.5. The Bertz CT molecular complexity index is 324. The first-order valence-electron chi connectivity index (χ1n) is 3.21. The van der Waals surface area contributed by atoms with E-state index < -0.39 is 0 Å². The number of nitrogens with one attached hydrogen (secondary N) is 1. The van der Waals surface area contributed by atoms with Gasteiger partial charge in [-0.25, -0.2) is 4.98 Å². The molecule has 3 nitrogen and oxygen atoms in total. The quantitative estimate of drug-likeness (QED) is 0.592. The van der Waals surface area contributed by atoms with E-state index in [9.17, 15) is 4.79 Å². The highest BCUT2D eigenvalue weighted by Crippen LogP contribution is 2.22. The van der Waals surface area contributed by atoms with Gasteiger partial charge in [0.2, 0.25) is 5.91 Å². The van der Waals surface area contributed by atoms with Crippen molar-refractivity contribution in [3.8, 4) is 0 Å². The van der Waals surface area contributed by atoms with Crippen LogP contribution in [0.25, 0.3) is 0 Å². The van der Waals surface area contributed by atoms with Gasteiger partial charge in [-0.2, -0.15) is 0 Å². The van der Waals surface area contributed by atoms with E-state index in [-0.39, 0.29) is 5.91 Å². The molecule has 1 aliphatic heterocycles. The second-order valence-electron chi connectivity index (χ2n) is 2.35. The van der Waals surface area contributed by atoms with Crippen molar-refractivity contribution in [3.63, 3.8) is 0 Å². The molecular formula is C7H5ClN2O. The van der Waals surface area contributed by atoms with Crippen molar-refractivity contribution in [1.82, 2.24) is 4.98 Å². The second kappa shape index (κ2) is 2.20. The largest absolute Gasteiger partial charge is 0.324 e. The van der Waals surface area contributed by atoms with E-state index >= 15 is 0 Å². The van der Waals surface area contributed by atoms with Crippen LogP contribution in [0.1, 0.15) is 5.69 Å². The van der Waals surface area contributed by atoms with Gasteiger partial charge in [-0.1, -0.05) is 11.6 Å². The van der Waals surface area contributed by atoms with Gasteiger partial charge in [0.1, 0.15) is 5.15 Å². The highest BCUT2D eigenvalue weighted by Gasteiger charge is 2.18. The minimum Gasteiger partial charge on any atom is -0.324 e. The molecule has 0 saturated carbocycles. The number of aromatic nitrogens is 1. The summed E-state index contributed by atoms with van der Waals surface area (Å²) in [6.45, 7) is 0. The zero-order valence-corrected chi connectivity index (χ0v) is 6.35. The predicted octanol–water partition coefficient (Wildman–Crippen LogP) is 1.23. The molecule has 0 aliphatic carbocycles. The number of pyridine rings is 1. The summed E-state index contributed by atoms with van der Waals surface area (Å²) in [6.07, 6.45) is 0.343. The Labute approximate surface area is 68.4 Å². The molecule has 0 fully saturated rings. The Morgan fingerprint density at radius 2 is 2.36 bits per heavy atom. The highest BCUT2D eigenvalue weighted by molar-refractivity contribution is 6.29. The fraction of sp³-hybridized carbons (Fsp3) is 0.143. The molecule has 0 aromatic carbocycles. The van der Waals surface area contributed by atoms with Gasteiger partial charge in [0.05, 0.1) is 17.8 Å². The Kier molecular flexibility index (Phi) is 1.32. The average molecular weight is 169 g/mol. The number of hydrogen-bond acceptors (Lipinski definition) is 2. The maximum absolute atomic E-state index is 10.8. The summed E-state index contributed by atoms with van der Waals surface area (Å²) in [6, 6.07) is 3.42. The summed E-state index contributed by atoms with van der Waals surface area (Å²) in [5.74, 6) is -0.0187. The van der Waals surface area contributed by atoms with Crippen LogP contribution in [-0.2, 0) is 11.2 Å². The molecule has 1 aromatic heterocycles. The van der Waals surface area contributed by atoms with Gasteiger partial charge in [-0.3, -0.25) is 4.79 Å². The molecule has 2 heterocycles. The number of nitrogens with zero attached hydrogens (tertiary/aromatic N) is 1. The summed E-state index contributed by atoms with van der Waals surface area (Å²) in [4.78, 5) is 14.8. The van der Waals surface area contributed by atoms with Crippen molar-refractivity contribution in [2.75, 3.05) is 5.32 Å². The molecule has 0 atom stereocenters. The molecule has 56 valence electrons. The summed E-state index contributed by atoms with van der Waals surface area (Å²) >= 11 is 5.62. The SMILES string of the molecule is O=C1Cc2nc(Cl)ccc2N1. The van der Waals surface area contributed by atoms with Gasteiger partial charge in [-0.05, 0) is 12.1 Å². The smallest absolute Gasteiger partial charge is 0.230 e. The fourth-order valence-electron chi connectivity index (χ4n) is 1.07. The third-order valence-electron chi connectivity index (χ3n) is 1.54. The topological polar surface area (TPSA) is 42.0 Å². The molecule has 11 heavy (non-hydrogen) atoms. The lowest BCUT2D eigenvalue weighted by Gasteiger charge is -1.95. The number of amides is 1. The molecule has 0 unspecified atom stereocenters. The second-order valence-corrected chi connectivity index (χ2v) is 2.74. The van der Waals surface area contributed by atoms with E-state index in [2.05, 4.69) is 10.3 Å². The molecule has 4 heteroatoms. The molecule has 1 aliphatic rings. The van der Waals surface area contributed by atoms with E-state index in [1.54, 1.807) is 12.1 Å². The van der Waals surface area contributed by atoms with Crippen LogP contribution in [0.3, 0.4) is 0 Å². The Hall–Kier alpha value is -1.09. The van der Waals surface area contributed by atoms with Crippen molar-refractivity contribution >= 4 is 23.2 Å². The molecule has 0 bridgehead atoms. The van der Waals surface area contributed by atoms with Gasteiger partial charge in [0.15, 0.2) is 0 Å². The van der Waals surface area contributed by atoms with Crippen LogP contribution in [-0.4, -0.2) is 10.9 Å². The third kappa shape index (κ3) is 1.07. The average Bonchev–Trinajstić information content (AvgIpc) is 2.27. The monoisotopic (exact) mass is 168 g/mol. The minimum absolute atomic E-state index is 0.0187. The summed E-state index contributed by atoms with van der Waals surface area (Å²) in [5, 5.41) is 3.10. The first-order chi connectivity index (χ1) is 5.25. The number of fused-ring (bicyclic) bond motifs is 1. The van der Waals surface area contributed by atoms with Gasteiger partial charge < -0.3 is 5.32 Å². The zero-order chi connectivity index (χ0) is 7.84. The molecule has 0 spiro atoms. The Balaban J connectivity index is 2.51. The van der Waals surface area contributed by atoms with Crippen molar-refractivity contribution in [2.45, 2.75) is 6.42 Å². The van der Waals surface area contributed by atoms with Crippen molar-refractivity contribution < 1.29 is 4.79 Å². The number of anilines is 1. The van der Waals surface area contributed by atoms with E-state index in [1.165, 1.54) is 0 Å². The molecule has 1 amide bonds. The van der Waals surface area contributed by atoms with Crippen LogP contribution < -0.4 is 5.32 Å². The number of rotatable bonds is 0. The van der Waals surface area contributed by atoms with Crippen LogP contribution >= 0.6 is 11.6 Å². The van der Waals surface area contributed by atoms with Gasteiger partial charge in [0, 0.05) is 0 Å². The van der Waals surface area contributed by atoms with Crippen LogP contribution in [0, 0.1) is 0 Å². The minimum atomic E-state index is -0.0187. The van der Waals surface area contributed by atoms with E-state index in [1.807, 2.05) is 0 Å². The maximum Gasteiger partial charge on any atom is 0.230 e. The van der Waals surface area contributed by atoms with E-state index in [0.717, 1.165) is 11.4 Å². The van der Waals surface area contributed by atoms with E-state index in [4.69, 9.17) is 11.6 Å². The number of carbonyl (C=O) groups excluding carboxylic acids is 1. The first kappa shape index (κ1) is 6.61. The predicted molar refractivity (Wildman–Crippen MR) is 41.6 cm³/mol. The number of halogens is 1. The van der Waals surface area contributed by atoms with Crippen LogP contribution in [0.15, 0.2) is 12.1 Å². The maximum atomic E-state index is 10.8. The van der Waals surface area contributed by atoms with Crippen molar-refractivity contribution in [2.24, 2.45) is 0 Å².